The molecule has 0 fully saturated rings. The van der Waals surface area contributed by atoms with E-state index in [-0.39, 0.29) is 5.82 Å². The quantitative estimate of drug-likeness (QED) is 0.606. The number of benzene rings is 2. The Bertz CT molecular complexity index is 662. The van der Waals surface area contributed by atoms with Crippen molar-refractivity contribution in [3.05, 3.63) is 66.6 Å². The van der Waals surface area contributed by atoms with E-state index in [9.17, 15) is 4.39 Å². The lowest BCUT2D eigenvalue weighted by molar-refractivity contribution is 0.624. The molecule has 0 amide bonds. The van der Waals surface area contributed by atoms with Gasteiger partial charge in [0.25, 0.3) is 0 Å². The molecule has 2 aromatic carbocycles. The molecule has 0 saturated carbocycles. The molecule has 0 atom stereocenters. The van der Waals surface area contributed by atoms with Crippen LogP contribution in [-0.4, -0.2) is 4.98 Å². The van der Waals surface area contributed by atoms with Gasteiger partial charge in [-0.15, -0.1) is 0 Å². The van der Waals surface area contributed by atoms with Crippen molar-refractivity contribution in [3.8, 4) is 11.1 Å². The first-order chi connectivity index (χ1) is 8.33. The molecule has 17 heavy (non-hydrogen) atoms. The number of hydrogen-bond donors (Lipinski definition) is 0. The third-order valence-corrected chi connectivity index (χ3v) is 2.76. The molecule has 0 bridgehead atoms. The lowest BCUT2D eigenvalue weighted by Crippen LogP contribution is -1.83. The van der Waals surface area contributed by atoms with Gasteiger partial charge in [0, 0.05) is 5.39 Å². The average Bonchev–Trinajstić information content (AvgIpc) is 2.39. The molecular weight excluding hydrogens is 213 g/mol. The van der Waals surface area contributed by atoms with Crippen molar-refractivity contribution in [3.63, 3.8) is 0 Å². The smallest absolute Gasteiger partial charge is 0.142 e. The van der Waals surface area contributed by atoms with Crippen LogP contribution in [0.4, 0.5) is 4.39 Å². The van der Waals surface area contributed by atoms with Crippen LogP contribution in [0, 0.1) is 5.82 Å². The fourth-order valence-corrected chi connectivity index (χ4v) is 1.91. The normalized spacial score (nSPS) is 10.6. The molecule has 82 valence electrons. The molecule has 1 nitrogen and oxygen atoms in total. The van der Waals surface area contributed by atoms with Crippen molar-refractivity contribution in [1.29, 1.82) is 0 Å². The first-order valence-electron chi connectivity index (χ1n) is 5.44. The van der Waals surface area contributed by atoms with Gasteiger partial charge >= 0.3 is 0 Å². The molecule has 1 heterocycles. The van der Waals surface area contributed by atoms with Gasteiger partial charge in [-0.3, -0.25) is 4.98 Å². The summed E-state index contributed by atoms with van der Waals surface area (Å²) in [4.78, 5) is 4.04. The summed E-state index contributed by atoms with van der Waals surface area (Å²) >= 11 is 0. The first kappa shape index (κ1) is 9.97. The Morgan fingerprint density at radius 2 is 1.65 bits per heavy atom. The zero-order chi connectivity index (χ0) is 11.7. The Balaban J connectivity index is 2.19. The third-order valence-electron chi connectivity index (χ3n) is 2.76. The van der Waals surface area contributed by atoms with E-state index >= 15 is 0 Å². The summed E-state index contributed by atoms with van der Waals surface area (Å²) in [5.41, 5.74) is 3.01. The summed E-state index contributed by atoms with van der Waals surface area (Å²) < 4.78 is 13.1. The molecule has 0 saturated heterocycles. The minimum atomic E-state index is -0.303. The van der Waals surface area contributed by atoms with Gasteiger partial charge in [-0.2, -0.15) is 0 Å². The van der Waals surface area contributed by atoms with E-state index in [4.69, 9.17) is 0 Å². The predicted molar refractivity (Wildman–Crippen MR) is 67.1 cm³/mol. The monoisotopic (exact) mass is 223 g/mol. The summed E-state index contributed by atoms with van der Waals surface area (Å²) in [6.45, 7) is 0. The number of pyridine rings is 1. The maximum absolute atomic E-state index is 13.1. The van der Waals surface area contributed by atoms with Crippen LogP contribution in [0.15, 0.2) is 60.8 Å². The van der Waals surface area contributed by atoms with Gasteiger partial charge in [0.2, 0.25) is 0 Å². The molecular formula is C15H10FN. The van der Waals surface area contributed by atoms with Crippen LogP contribution in [0.3, 0.4) is 0 Å². The lowest BCUT2D eigenvalue weighted by Gasteiger charge is -2.03. The van der Waals surface area contributed by atoms with Gasteiger partial charge in [0.05, 0.1) is 11.7 Å². The molecule has 0 aliphatic heterocycles. The Labute approximate surface area is 98.6 Å². The van der Waals surface area contributed by atoms with Gasteiger partial charge in [-0.05, 0) is 29.3 Å². The fourth-order valence-electron chi connectivity index (χ4n) is 1.91. The maximum atomic E-state index is 13.1. The SMILES string of the molecule is Fc1cnc2ccc(-c3ccccc3)cc2c1. The van der Waals surface area contributed by atoms with Gasteiger partial charge in [0.15, 0.2) is 0 Å². The Morgan fingerprint density at radius 1 is 0.824 bits per heavy atom. The van der Waals surface area contributed by atoms with E-state index in [0.29, 0.717) is 0 Å². The summed E-state index contributed by atoms with van der Waals surface area (Å²) in [6.07, 6.45) is 1.24. The summed E-state index contributed by atoms with van der Waals surface area (Å²) in [6, 6.07) is 17.4. The van der Waals surface area contributed by atoms with Crippen LogP contribution in [0.1, 0.15) is 0 Å². The van der Waals surface area contributed by atoms with Crippen LogP contribution >= 0.6 is 0 Å². The highest BCUT2D eigenvalue weighted by Crippen LogP contribution is 2.23. The number of nitrogens with zero attached hydrogens (tertiary/aromatic N) is 1. The number of rotatable bonds is 1. The number of fused-ring (bicyclic) bond motifs is 1. The van der Waals surface area contributed by atoms with E-state index in [2.05, 4.69) is 4.98 Å². The molecule has 0 radical (unpaired) electrons. The molecule has 2 heteroatoms. The average molecular weight is 223 g/mol. The molecule has 0 unspecified atom stereocenters. The molecule has 0 spiro atoms. The van der Waals surface area contributed by atoms with Crippen molar-refractivity contribution in [2.45, 2.75) is 0 Å². The maximum Gasteiger partial charge on any atom is 0.142 e. The largest absolute Gasteiger partial charge is 0.253 e. The number of aromatic nitrogens is 1. The van der Waals surface area contributed by atoms with Gasteiger partial charge in [-0.1, -0.05) is 36.4 Å². The lowest BCUT2D eigenvalue weighted by atomic mass is 10.0. The zero-order valence-corrected chi connectivity index (χ0v) is 9.10. The predicted octanol–water partition coefficient (Wildman–Crippen LogP) is 4.04. The van der Waals surface area contributed by atoms with Crippen LogP contribution < -0.4 is 0 Å². The van der Waals surface area contributed by atoms with Crippen molar-refractivity contribution in [2.75, 3.05) is 0 Å². The van der Waals surface area contributed by atoms with Crippen LogP contribution in [0.25, 0.3) is 22.0 Å². The molecule has 3 aromatic rings. The summed E-state index contributed by atoms with van der Waals surface area (Å²) in [7, 11) is 0. The molecule has 3 rings (SSSR count). The van der Waals surface area contributed by atoms with E-state index in [1.807, 2.05) is 48.5 Å². The van der Waals surface area contributed by atoms with Crippen molar-refractivity contribution >= 4 is 10.9 Å². The van der Waals surface area contributed by atoms with E-state index in [1.165, 1.54) is 12.3 Å². The number of halogens is 1. The van der Waals surface area contributed by atoms with Crippen molar-refractivity contribution in [1.82, 2.24) is 4.98 Å². The van der Waals surface area contributed by atoms with Crippen molar-refractivity contribution < 1.29 is 4.39 Å². The highest BCUT2D eigenvalue weighted by molar-refractivity contribution is 5.84. The van der Waals surface area contributed by atoms with E-state index < -0.39 is 0 Å². The first-order valence-corrected chi connectivity index (χ1v) is 5.44. The summed E-state index contributed by atoms with van der Waals surface area (Å²) in [5, 5.41) is 0.825. The Hall–Kier alpha value is -2.22. The van der Waals surface area contributed by atoms with Crippen LogP contribution in [-0.2, 0) is 0 Å². The van der Waals surface area contributed by atoms with Gasteiger partial charge in [-0.25, -0.2) is 4.39 Å². The van der Waals surface area contributed by atoms with Gasteiger partial charge < -0.3 is 0 Å². The van der Waals surface area contributed by atoms with Gasteiger partial charge in [0.1, 0.15) is 5.82 Å². The van der Waals surface area contributed by atoms with E-state index in [1.54, 1.807) is 0 Å². The fraction of sp³-hybridized carbons (Fsp3) is 0. The third kappa shape index (κ3) is 1.89. The number of hydrogen-bond acceptors (Lipinski definition) is 1. The highest BCUT2D eigenvalue weighted by Gasteiger charge is 2.01. The van der Waals surface area contributed by atoms with Crippen LogP contribution in [0.2, 0.25) is 0 Å². The van der Waals surface area contributed by atoms with E-state index in [0.717, 1.165) is 22.0 Å². The molecule has 0 N–H and O–H groups in total. The van der Waals surface area contributed by atoms with Crippen LogP contribution in [0.5, 0.6) is 0 Å². The second-order valence-electron chi connectivity index (χ2n) is 3.93. The molecule has 0 aliphatic rings. The minimum Gasteiger partial charge on any atom is -0.253 e. The Morgan fingerprint density at radius 3 is 2.47 bits per heavy atom. The standard InChI is InChI=1S/C15H10FN/c16-14-9-13-8-12(6-7-15(13)17-10-14)11-4-2-1-3-5-11/h1-10H. The second kappa shape index (κ2) is 3.98. The highest BCUT2D eigenvalue weighted by atomic mass is 19.1. The second-order valence-corrected chi connectivity index (χ2v) is 3.93. The summed E-state index contributed by atoms with van der Waals surface area (Å²) in [5.74, 6) is -0.303. The topological polar surface area (TPSA) is 12.9 Å². The molecule has 0 aliphatic carbocycles. The zero-order valence-electron chi connectivity index (χ0n) is 9.10. The van der Waals surface area contributed by atoms with Crippen molar-refractivity contribution in [2.24, 2.45) is 0 Å². The molecule has 1 aromatic heterocycles. The minimum absolute atomic E-state index is 0.303. The Kier molecular flexibility index (Phi) is 2.33.